The maximum absolute atomic E-state index is 5.15. The van der Waals surface area contributed by atoms with Crippen molar-refractivity contribution >= 4 is 29.0 Å². The summed E-state index contributed by atoms with van der Waals surface area (Å²) >= 11 is 1.58. The zero-order valence-corrected chi connectivity index (χ0v) is 12.7. The number of methoxy groups -OCH3 is 1. The molecule has 0 N–H and O–H groups in total. The molecule has 0 atom stereocenters. The van der Waals surface area contributed by atoms with Crippen molar-refractivity contribution in [1.82, 2.24) is 9.66 Å². The molecule has 3 aromatic rings. The second-order valence-electron chi connectivity index (χ2n) is 4.42. The van der Waals surface area contributed by atoms with Crippen LogP contribution in [0.5, 0.6) is 5.75 Å². The molecule has 1 heterocycles. The van der Waals surface area contributed by atoms with E-state index in [0.29, 0.717) is 0 Å². The van der Waals surface area contributed by atoms with Gasteiger partial charge in [-0.25, -0.2) is 9.66 Å². The summed E-state index contributed by atoms with van der Waals surface area (Å²) in [4.78, 5) is 4.56. The van der Waals surface area contributed by atoms with E-state index >= 15 is 0 Å². The van der Waals surface area contributed by atoms with Crippen LogP contribution in [0, 0.1) is 0 Å². The quantitative estimate of drug-likeness (QED) is 0.545. The van der Waals surface area contributed by atoms with Crippen LogP contribution in [0.3, 0.4) is 0 Å². The molecule has 0 bridgehead atoms. The van der Waals surface area contributed by atoms with Crippen molar-refractivity contribution in [3.05, 3.63) is 54.1 Å². The average molecular weight is 297 g/mol. The van der Waals surface area contributed by atoms with Crippen LogP contribution >= 0.6 is 11.8 Å². The van der Waals surface area contributed by atoms with Crippen LogP contribution in [0.25, 0.3) is 11.0 Å². The van der Waals surface area contributed by atoms with Gasteiger partial charge in [0.05, 0.1) is 24.4 Å². The summed E-state index contributed by atoms with van der Waals surface area (Å²) in [5.74, 6) is 0.838. The van der Waals surface area contributed by atoms with Gasteiger partial charge >= 0.3 is 0 Å². The summed E-state index contributed by atoms with van der Waals surface area (Å²) in [5, 5.41) is 5.43. The van der Waals surface area contributed by atoms with Gasteiger partial charge in [-0.15, -0.1) is 0 Å². The number of ether oxygens (including phenoxy) is 1. The first-order chi connectivity index (χ1) is 10.3. The second kappa shape index (κ2) is 6.01. The Labute approximate surface area is 127 Å². The monoisotopic (exact) mass is 297 g/mol. The number of hydrogen-bond donors (Lipinski definition) is 0. The molecule has 0 spiro atoms. The molecular weight excluding hydrogens is 282 g/mol. The molecule has 0 aliphatic carbocycles. The summed E-state index contributed by atoms with van der Waals surface area (Å²) in [7, 11) is 1.66. The van der Waals surface area contributed by atoms with Crippen LogP contribution in [0.4, 0.5) is 0 Å². The number of hydrogen-bond acceptors (Lipinski definition) is 4. The van der Waals surface area contributed by atoms with Crippen LogP contribution in [0.2, 0.25) is 0 Å². The van der Waals surface area contributed by atoms with Crippen molar-refractivity contribution in [3.8, 4) is 5.75 Å². The lowest BCUT2D eigenvalue weighted by atomic mass is 10.2. The van der Waals surface area contributed by atoms with Crippen LogP contribution in [-0.4, -0.2) is 29.2 Å². The molecule has 0 unspecified atom stereocenters. The molecule has 0 aliphatic heterocycles. The third-order valence-corrected chi connectivity index (χ3v) is 3.76. The zero-order chi connectivity index (χ0) is 14.7. The molecule has 0 radical (unpaired) electrons. The Hall–Kier alpha value is -2.27. The molecule has 0 saturated carbocycles. The van der Waals surface area contributed by atoms with E-state index in [1.54, 1.807) is 18.9 Å². The Morgan fingerprint density at radius 3 is 2.62 bits per heavy atom. The number of benzene rings is 2. The fourth-order valence-electron chi connectivity index (χ4n) is 2.05. The van der Waals surface area contributed by atoms with E-state index in [0.717, 1.165) is 27.5 Å². The number of nitrogens with zero attached hydrogens (tertiary/aromatic N) is 3. The van der Waals surface area contributed by atoms with E-state index in [2.05, 4.69) is 10.1 Å². The second-order valence-corrected chi connectivity index (χ2v) is 5.19. The minimum atomic E-state index is 0.838. The van der Waals surface area contributed by atoms with Gasteiger partial charge in [-0.1, -0.05) is 23.9 Å². The van der Waals surface area contributed by atoms with E-state index < -0.39 is 0 Å². The Kier molecular flexibility index (Phi) is 3.92. The van der Waals surface area contributed by atoms with Gasteiger partial charge in [0.25, 0.3) is 0 Å². The summed E-state index contributed by atoms with van der Waals surface area (Å²) in [6.45, 7) is 0. The van der Waals surface area contributed by atoms with Crippen LogP contribution in [-0.2, 0) is 0 Å². The van der Waals surface area contributed by atoms with Crippen LogP contribution < -0.4 is 4.74 Å². The third-order valence-electron chi connectivity index (χ3n) is 3.13. The molecule has 0 amide bonds. The first kappa shape index (κ1) is 13.7. The summed E-state index contributed by atoms with van der Waals surface area (Å²) in [6.07, 6.45) is 3.83. The molecule has 5 heteroatoms. The predicted octanol–water partition coefficient (Wildman–Crippen LogP) is 3.65. The third kappa shape index (κ3) is 2.78. The largest absolute Gasteiger partial charge is 0.497 e. The number of rotatable bonds is 4. The summed E-state index contributed by atoms with van der Waals surface area (Å²) in [5.41, 5.74) is 2.97. The van der Waals surface area contributed by atoms with Crippen molar-refractivity contribution in [2.24, 2.45) is 5.10 Å². The fraction of sp³-hybridized carbons (Fsp3) is 0.125. The first-order valence-corrected chi connectivity index (χ1v) is 7.74. The highest BCUT2D eigenvalue weighted by atomic mass is 32.2. The van der Waals surface area contributed by atoms with Crippen molar-refractivity contribution in [2.45, 2.75) is 5.16 Å². The summed E-state index contributed by atoms with van der Waals surface area (Å²) in [6, 6.07) is 15.8. The molecule has 0 fully saturated rings. The Balaban J connectivity index is 1.97. The number of fused-ring (bicyclic) bond motifs is 1. The highest BCUT2D eigenvalue weighted by Gasteiger charge is 2.07. The van der Waals surface area contributed by atoms with Gasteiger partial charge in [0, 0.05) is 0 Å². The molecule has 3 rings (SSSR count). The van der Waals surface area contributed by atoms with Gasteiger partial charge in [-0.05, 0) is 48.2 Å². The Morgan fingerprint density at radius 1 is 1.14 bits per heavy atom. The van der Waals surface area contributed by atoms with Crippen molar-refractivity contribution in [3.63, 3.8) is 0 Å². The van der Waals surface area contributed by atoms with Gasteiger partial charge < -0.3 is 4.74 Å². The number of para-hydroxylation sites is 2. The smallest absolute Gasteiger partial charge is 0.189 e. The van der Waals surface area contributed by atoms with Crippen LogP contribution in [0.1, 0.15) is 5.56 Å². The molecule has 0 aliphatic rings. The normalized spacial score (nSPS) is 11.3. The number of aromatic nitrogens is 2. The molecular formula is C16H15N3OS. The van der Waals surface area contributed by atoms with Gasteiger partial charge in [0.1, 0.15) is 5.75 Å². The Bertz CT molecular complexity index is 778. The van der Waals surface area contributed by atoms with Crippen molar-refractivity contribution in [1.29, 1.82) is 0 Å². The van der Waals surface area contributed by atoms with Gasteiger partial charge in [0.2, 0.25) is 0 Å². The molecule has 4 nitrogen and oxygen atoms in total. The maximum atomic E-state index is 5.15. The predicted molar refractivity (Wildman–Crippen MR) is 87.5 cm³/mol. The van der Waals surface area contributed by atoms with Crippen molar-refractivity contribution in [2.75, 3.05) is 13.4 Å². The van der Waals surface area contributed by atoms with E-state index in [9.17, 15) is 0 Å². The molecule has 1 aromatic heterocycles. The molecule has 21 heavy (non-hydrogen) atoms. The van der Waals surface area contributed by atoms with Crippen LogP contribution in [0.15, 0.2) is 58.8 Å². The minimum Gasteiger partial charge on any atom is -0.497 e. The average Bonchev–Trinajstić information content (AvgIpc) is 2.91. The molecule has 0 saturated heterocycles. The van der Waals surface area contributed by atoms with Gasteiger partial charge in [-0.3, -0.25) is 0 Å². The minimum absolute atomic E-state index is 0.838. The molecule has 106 valence electrons. The van der Waals surface area contributed by atoms with Gasteiger partial charge in [-0.2, -0.15) is 5.10 Å². The highest BCUT2D eigenvalue weighted by molar-refractivity contribution is 7.98. The SMILES string of the molecule is COc1ccc(C=Nn2c(SC)nc3ccccc32)cc1. The van der Waals surface area contributed by atoms with E-state index in [4.69, 9.17) is 4.74 Å². The standard InChI is InChI=1S/C16H15N3OS/c1-20-13-9-7-12(8-10-13)11-17-19-15-6-4-3-5-14(15)18-16(19)21-2/h3-11H,1-2H3. The lowest BCUT2D eigenvalue weighted by molar-refractivity contribution is 0.415. The first-order valence-electron chi connectivity index (χ1n) is 6.51. The Morgan fingerprint density at radius 2 is 1.90 bits per heavy atom. The maximum Gasteiger partial charge on any atom is 0.189 e. The lowest BCUT2D eigenvalue weighted by Gasteiger charge is -2.01. The highest BCUT2D eigenvalue weighted by Crippen LogP contribution is 2.22. The van der Waals surface area contributed by atoms with E-state index in [-0.39, 0.29) is 0 Å². The fourth-order valence-corrected chi connectivity index (χ4v) is 2.56. The molecule has 2 aromatic carbocycles. The number of imidazole rings is 1. The van der Waals surface area contributed by atoms with Gasteiger partial charge in [0.15, 0.2) is 5.16 Å². The lowest BCUT2D eigenvalue weighted by Crippen LogP contribution is -1.93. The van der Waals surface area contributed by atoms with E-state index in [1.165, 1.54) is 0 Å². The van der Waals surface area contributed by atoms with Crippen molar-refractivity contribution < 1.29 is 4.74 Å². The number of thioether (sulfide) groups is 1. The topological polar surface area (TPSA) is 39.4 Å². The van der Waals surface area contributed by atoms with E-state index in [1.807, 2.05) is 65.7 Å². The summed E-state index contributed by atoms with van der Waals surface area (Å²) < 4.78 is 7.02. The zero-order valence-electron chi connectivity index (χ0n) is 11.9.